The van der Waals surface area contributed by atoms with E-state index in [-0.39, 0.29) is 28.2 Å². The maximum atomic E-state index is 14.0. The summed E-state index contributed by atoms with van der Waals surface area (Å²) in [5.41, 5.74) is 2.01. The van der Waals surface area contributed by atoms with Crippen LogP contribution in [0, 0.1) is 17.8 Å². The number of carbonyl (C=O) groups is 1. The van der Waals surface area contributed by atoms with Crippen LogP contribution in [0.3, 0.4) is 0 Å². The lowest BCUT2D eigenvalue weighted by Gasteiger charge is -2.53. The first-order chi connectivity index (χ1) is 25.5. The number of ether oxygens (including phenoxy) is 3. The van der Waals surface area contributed by atoms with Crippen molar-refractivity contribution in [3.05, 3.63) is 64.3 Å². The van der Waals surface area contributed by atoms with Crippen LogP contribution in [0.15, 0.2) is 42.5 Å². The van der Waals surface area contributed by atoms with Crippen LogP contribution >= 0.6 is 11.6 Å². The molecule has 1 aromatic carbocycles. The smallest absolute Gasteiger partial charge is 0.281 e. The number of piperazine rings is 1. The highest BCUT2D eigenvalue weighted by atomic mass is 35.5. The van der Waals surface area contributed by atoms with Gasteiger partial charge in [0.05, 0.1) is 29.5 Å². The van der Waals surface area contributed by atoms with Gasteiger partial charge in [0.1, 0.15) is 11.3 Å². The number of allylic oxidation sites excluding steroid dienone is 1. The minimum absolute atomic E-state index is 0.00692. The largest absolute Gasteiger partial charge is 0.489 e. The van der Waals surface area contributed by atoms with E-state index in [1.165, 1.54) is 11.1 Å². The molecular formula is C41H56ClN5O5S. The predicted octanol–water partition coefficient (Wildman–Crippen LogP) is 4.98. The predicted molar refractivity (Wildman–Crippen MR) is 212 cm³/mol. The van der Waals surface area contributed by atoms with Crippen LogP contribution in [0.25, 0.3) is 0 Å². The van der Waals surface area contributed by atoms with Gasteiger partial charge in [0.15, 0.2) is 11.6 Å². The number of pyridine rings is 1. The molecule has 1 spiro atoms. The van der Waals surface area contributed by atoms with Crippen molar-refractivity contribution in [3.8, 4) is 5.75 Å². The van der Waals surface area contributed by atoms with E-state index < -0.39 is 21.2 Å². The third-order valence-corrected chi connectivity index (χ3v) is 16.0. The van der Waals surface area contributed by atoms with Gasteiger partial charge in [0, 0.05) is 74.7 Å². The minimum Gasteiger partial charge on any atom is -0.489 e. The Morgan fingerprint density at radius 3 is 2.83 bits per heavy atom. The number of amides is 1. The molecule has 1 saturated carbocycles. The number of aromatic nitrogens is 1. The molecule has 8 atom stereocenters. The number of methoxy groups -OCH3 is 1. The third kappa shape index (κ3) is 7.15. The van der Waals surface area contributed by atoms with E-state index in [1.54, 1.807) is 6.07 Å². The molecule has 1 unspecified atom stereocenters. The Hall–Kier alpha value is -2.67. The number of morpholine rings is 1. The van der Waals surface area contributed by atoms with Crippen molar-refractivity contribution >= 4 is 38.9 Å². The van der Waals surface area contributed by atoms with Gasteiger partial charge < -0.3 is 19.1 Å². The molecule has 2 bridgehead atoms. The lowest BCUT2D eigenvalue weighted by Crippen LogP contribution is -2.62. The van der Waals surface area contributed by atoms with Crippen LogP contribution < -0.4 is 14.4 Å². The van der Waals surface area contributed by atoms with Gasteiger partial charge >= 0.3 is 0 Å². The highest BCUT2D eigenvalue weighted by Gasteiger charge is 2.50. The first-order valence-electron chi connectivity index (χ1n) is 19.6. The average Bonchev–Trinajstić information content (AvgIpc) is 3.28. The van der Waals surface area contributed by atoms with Crippen LogP contribution in [-0.2, 0) is 31.0 Å². The summed E-state index contributed by atoms with van der Waals surface area (Å²) >= 11 is 6.52. The maximum absolute atomic E-state index is 14.0. The number of anilines is 1. The second-order valence-electron chi connectivity index (χ2n) is 16.7. The van der Waals surface area contributed by atoms with E-state index in [0.717, 1.165) is 89.6 Å². The number of aryl methyl sites for hydroxylation is 1. The van der Waals surface area contributed by atoms with Crippen LogP contribution in [0.1, 0.15) is 67.6 Å². The second-order valence-corrected chi connectivity index (χ2v) is 19.5. The summed E-state index contributed by atoms with van der Waals surface area (Å²) in [6.07, 6.45) is 10.4. The fourth-order valence-electron chi connectivity index (χ4n) is 10.1. The van der Waals surface area contributed by atoms with Crippen molar-refractivity contribution < 1.29 is 23.2 Å². The summed E-state index contributed by atoms with van der Waals surface area (Å²) in [7, 11) is -1.12. The number of benzene rings is 1. The van der Waals surface area contributed by atoms with Gasteiger partial charge in [-0.2, -0.15) is 0 Å². The Morgan fingerprint density at radius 1 is 1.15 bits per heavy atom. The fourth-order valence-corrected chi connectivity index (χ4v) is 11.7. The molecule has 6 aliphatic rings. The molecule has 4 aliphatic heterocycles. The molecule has 53 heavy (non-hydrogen) atoms. The maximum Gasteiger partial charge on any atom is 0.281 e. The molecule has 1 amide bonds. The molecule has 3 fully saturated rings. The van der Waals surface area contributed by atoms with Crippen molar-refractivity contribution in [2.45, 2.75) is 74.7 Å². The van der Waals surface area contributed by atoms with Crippen molar-refractivity contribution in [1.82, 2.24) is 19.5 Å². The van der Waals surface area contributed by atoms with E-state index in [1.807, 2.05) is 26.2 Å². The molecular weight excluding hydrogens is 710 g/mol. The molecule has 1 N–H and O–H groups in total. The Labute approximate surface area is 320 Å². The SMILES string of the molecule is C=S1(=O)NC(=O)c2ccc3c(n2)N(C[C@@H]2CC[C@H]2[C@](CN2CCN4CCOC[C@@H]4C2)(OC)/C=C/C[C@H](C)[C@H]1C)C[C@@]1(CCCc2cc(Cl)ccc21)CO3. The molecule has 5 heterocycles. The summed E-state index contributed by atoms with van der Waals surface area (Å²) in [6.45, 7) is 12.4. The van der Waals surface area contributed by atoms with E-state index in [9.17, 15) is 9.00 Å². The van der Waals surface area contributed by atoms with Gasteiger partial charge in [0.25, 0.3) is 5.91 Å². The number of carbonyl (C=O) groups excluding carboxylic acids is 1. The average molecular weight is 766 g/mol. The van der Waals surface area contributed by atoms with Gasteiger partial charge in [-0.3, -0.25) is 19.3 Å². The zero-order chi connectivity index (χ0) is 37.0. The molecule has 0 radical (unpaired) electrons. The van der Waals surface area contributed by atoms with Crippen molar-refractivity contribution in [2.75, 3.05) is 77.6 Å². The summed E-state index contributed by atoms with van der Waals surface area (Å²) < 4.78 is 36.2. The van der Waals surface area contributed by atoms with Crippen molar-refractivity contribution in [2.24, 2.45) is 17.8 Å². The van der Waals surface area contributed by atoms with E-state index in [4.69, 9.17) is 30.8 Å². The fraction of sp³-hybridized carbons (Fsp3) is 0.634. The Bertz CT molecular complexity index is 1840. The molecule has 1 aromatic heterocycles. The quantitative estimate of drug-likeness (QED) is 0.343. The van der Waals surface area contributed by atoms with Gasteiger partial charge in [-0.15, -0.1) is 0 Å². The number of nitrogens with zero attached hydrogens (tertiary/aromatic N) is 4. The summed E-state index contributed by atoms with van der Waals surface area (Å²) in [5.74, 6) is 5.52. The molecule has 12 heteroatoms. The van der Waals surface area contributed by atoms with Crippen molar-refractivity contribution in [3.63, 3.8) is 0 Å². The van der Waals surface area contributed by atoms with E-state index in [2.05, 4.69) is 56.5 Å². The Balaban J connectivity index is 1.19. The molecule has 288 valence electrons. The van der Waals surface area contributed by atoms with Crippen LogP contribution in [0.4, 0.5) is 5.82 Å². The number of nitrogens with one attached hydrogen (secondary N) is 1. The Morgan fingerprint density at radius 2 is 2.02 bits per heavy atom. The van der Waals surface area contributed by atoms with Gasteiger partial charge in [-0.1, -0.05) is 36.7 Å². The first-order valence-corrected chi connectivity index (χ1v) is 21.8. The highest BCUT2D eigenvalue weighted by molar-refractivity contribution is 7.99. The lowest BCUT2D eigenvalue weighted by molar-refractivity contribution is -0.108. The molecule has 10 nitrogen and oxygen atoms in total. The van der Waals surface area contributed by atoms with Gasteiger partial charge in [-0.05, 0) is 104 Å². The molecule has 2 saturated heterocycles. The number of fused-ring (bicyclic) bond motifs is 5. The number of halogens is 1. The molecule has 2 aromatic rings. The lowest BCUT2D eigenvalue weighted by atomic mass is 9.63. The summed E-state index contributed by atoms with van der Waals surface area (Å²) in [6, 6.07) is 10.3. The topological polar surface area (TPSA) is 96.5 Å². The third-order valence-electron chi connectivity index (χ3n) is 13.6. The van der Waals surface area contributed by atoms with Crippen LogP contribution in [0.2, 0.25) is 5.02 Å². The van der Waals surface area contributed by atoms with E-state index >= 15 is 0 Å². The van der Waals surface area contributed by atoms with Gasteiger partial charge in [-0.25, -0.2) is 9.19 Å². The second kappa shape index (κ2) is 14.8. The number of rotatable bonds is 3. The van der Waals surface area contributed by atoms with Gasteiger partial charge in [0.2, 0.25) is 0 Å². The van der Waals surface area contributed by atoms with Crippen molar-refractivity contribution in [1.29, 1.82) is 0 Å². The number of hydrogen-bond acceptors (Lipinski definition) is 9. The Kier molecular flexibility index (Phi) is 10.4. The van der Waals surface area contributed by atoms with Crippen LogP contribution in [0.5, 0.6) is 5.75 Å². The summed E-state index contributed by atoms with van der Waals surface area (Å²) in [4.78, 5) is 26.3. The monoisotopic (exact) mass is 765 g/mol. The zero-order valence-electron chi connectivity index (χ0n) is 31.6. The highest BCUT2D eigenvalue weighted by Crippen LogP contribution is 2.49. The van der Waals surface area contributed by atoms with E-state index in [0.29, 0.717) is 43.1 Å². The zero-order valence-corrected chi connectivity index (χ0v) is 33.1. The normalized spacial score (nSPS) is 37.2. The van der Waals surface area contributed by atoms with Crippen LogP contribution in [-0.4, -0.2) is 120 Å². The summed E-state index contributed by atoms with van der Waals surface area (Å²) in [5, 5.41) is 0.391. The molecule has 8 rings (SSSR count). The molecule has 2 aliphatic carbocycles. The first kappa shape index (κ1) is 37.3. The standard InChI is InChI=1S/C41H56ClN5O5S/c1-28-7-5-16-41(50-3,26-45-17-18-46-19-20-51-24-33(46)23-45)35-11-9-31(35)22-47-25-40(15-6-8-30-21-32(42)10-12-34(30)40)27-52-37-14-13-36(43-38(37)47)39(48)44-53(4,49)29(28)2/h5,10,12-14,16,21,28-29,31,33,35H,4,6-9,11,15,17-20,22-27H2,1-3H3,(H,44,48,49)/b16-5+/t28-,29+,31-,33-,35+,40-,41-,53?/m0/s1. The number of hydrogen-bond donors (Lipinski definition) is 1. The minimum atomic E-state index is -3.00.